The zero-order valence-electron chi connectivity index (χ0n) is 15.8. The maximum atomic E-state index is 13.7. The van der Waals surface area contributed by atoms with Crippen molar-refractivity contribution in [1.29, 1.82) is 0 Å². The van der Waals surface area contributed by atoms with E-state index < -0.39 is 43.0 Å². The van der Waals surface area contributed by atoms with E-state index in [1.165, 1.54) is 5.56 Å². The van der Waals surface area contributed by atoms with Crippen molar-refractivity contribution < 1.29 is 27.5 Å². The molecule has 1 aromatic carbocycles. The number of rotatable bonds is 5. The van der Waals surface area contributed by atoms with E-state index >= 15 is 0 Å². The van der Waals surface area contributed by atoms with Crippen LogP contribution in [0.4, 0.5) is 17.6 Å². The van der Waals surface area contributed by atoms with Gasteiger partial charge in [0.25, 0.3) is 0 Å². The fourth-order valence-corrected chi connectivity index (χ4v) is 4.59. The standard InChI is InChI=1S/C21H22F4N2O2/c1-27-9-12(18(29)7-13(10-28)20(22)21(23,24)25)5-15-14-3-2-4-16-19(14)11(8-26-16)6-17(15)27/h2-5,8,12-13,17,20,26,28H,6-7,9-10H2,1H3. The van der Waals surface area contributed by atoms with Crippen molar-refractivity contribution in [3.8, 4) is 0 Å². The van der Waals surface area contributed by atoms with E-state index in [0.717, 1.165) is 28.5 Å². The van der Waals surface area contributed by atoms with Crippen LogP contribution in [0.25, 0.3) is 16.5 Å². The molecular weight excluding hydrogens is 388 g/mol. The maximum Gasteiger partial charge on any atom is 0.420 e. The largest absolute Gasteiger partial charge is 0.420 e. The van der Waals surface area contributed by atoms with Gasteiger partial charge in [0.1, 0.15) is 5.78 Å². The minimum absolute atomic E-state index is 0.0747. The fraction of sp³-hybridized carbons (Fsp3) is 0.476. The number of carbonyl (C=O) groups is 1. The highest BCUT2D eigenvalue weighted by Crippen LogP contribution is 2.41. The van der Waals surface area contributed by atoms with Crippen molar-refractivity contribution in [2.45, 2.75) is 31.2 Å². The summed E-state index contributed by atoms with van der Waals surface area (Å²) < 4.78 is 51.7. The van der Waals surface area contributed by atoms with Gasteiger partial charge in [-0.05, 0) is 36.2 Å². The first-order chi connectivity index (χ1) is 13.7. The van der Waals surface area contributed by atoms with Crippen LogP contribution < -0.4 is 0 Å². The number of carbonyl (C=O) groups excluding carboxylic acids is 1. The summed E-state index contributed by atoms with van der Waals surface area (Å²) in [5.41, 5.74) is 4.18. The lowest BCUT2D eigenvalue weighted by Crippen LogP contribution is -2.45. The highest BCUT2D eigenvalue weighted by atomic mass is 19.4. The van der Waals surface area contributed by atoms with Crippen LogP contribution in [0.5, 0.6) is 0 Å². The molecule has 29 heavy (non-hydrogen) atoms. The monoisotopic (exact) mass is 410 g/mol. The highest BCUT2D eigenvalue weighted by molar-refractivity contribution is 5.99. The molecule has 1 aliphatic heterocycles. The van der Waals surface area contributed by atoms with Crippen LogP contribution in [0.2, 0.25) is 0 Å². The van der Waals surface area contributed by atoms with E-state index in [0.29, 0.717) is 6.54 Å². The number of ketones is 1. The average molecular weight is 410 g/mol. The van der Waals surface area contributed by atoms with E-state index in [2.05, 4.69) is 4.98 Å². The lowest BCUT2D eigenvalue weighted by atomic mass is 9.78. The molecule has 2 N–H and O–H groups in total. The molecule has 2 aliphatic rings. The van der Waals surface area contributed by atoms with Gasteiger partial charge in [0.05, 0.1) is 0 Å². The molecule has 0 saturated heterocycles. The number of aromatic amines is 1. The molecule has 2 heterocycles. The molecule has 1 aromatic heterocycles. The van der Waals surface area contributed by atoms with Crippen LogP contribution >= 0.6 is 0 Å². The molecule has 8 heteroatoms. The number of Topliss-reactive ketones (excluding diaryl/α,β-unsaturated/α-hetero) is 1. The Morgan fingerprint density at radius 2 is 2.14 bits per heavy atom. The molecule has 0 fully saturated rings. The number of H-pyrrole nitrogens is 1. The molecule has 2 aromatic rings. The molecule has 0 amide bonds. The smallest absolute Gasteiger partial charge is 0.396 e. The van der Waals surface area contributed by atoms with Crippen molar-refractivity contribution in [3.63, 3.8) is 0 Å². The lowest BCUT2D eigenvalue weighted by molar-refractivity contribution is -0.198. The molecule has 4 unspecified atom stereocenters. The minimum Gasteiger partial charge on any atom is -0.396 e. The number of aromatic nitrogens is 1. The Morgan fingerprint density at radius 3 is 2.83 bits per heavy atom. The van der Waals surface area contributed by atoms with Gasteiger partial charge in [-0.3, -0.25) is 9.69 Å². The summed E-state index contributed by atoms with van der Waals surface area (Å²) in [7, 11) is 1.88. The number of aliphatic hydroxyl groups is 1. The summed E-state index contributed by atoms with van der Waals surface area (Å²) >= 11 is 0. The zero-order chi connectivity index (χ0) is 20.9. The number of nitrogens with zero attached hydrogens (tertiary/aromatic N) is 1. The van der Waals surface area contributed by atoms with Gasteiger partial charge in [-0.2, -0.15) is 13.2 Å². The molecule has 1 aliphatic carbocycles. The molecular formula is C21H22F4N2O2. The SMILES string of the molecule is CN1CC(C(=O)CC(CO)C(F)C(F)(F)F)C=C2c3cccc4[nH]cc(c34)CC21. The van der Waals surface area contributed by atoms with Gasteiger partial charge in [-0.25, -0.2) is 4.39 Å². The molecule has 0 radical (unpaired) electrons. The summed E-state index contributed by atoms with van der Waals surface area (Å²) in [5.74, 6) is -2.91. The second-order valence-electron chi connectivity index (χ2n) is 7.99. The van der Waals surface area contributed by atoms with Gasteiger partial charge in [0, 0.05) is 54.5 Å². The third-order valence-corrected chi connectivity index (χ3v) is 6.11. The molecule has 156 valence electrons. The van der Waals surface area contributed by atoms with E-state index in [9.17, 15) is 27.5 Å². The zero-order valence-corrected chi connectivity index (χ0v) is 15.8. The molecule has 0 saturated carbocycles. The Hall–Kier alpha value is -2.19. The van der Waals surface area contributed by atoms with E-state index in [4.69, 9.17) is 0 Å². The second kappa shape index (κ2) is 7.25. The third-order valence-electron chi connectivity index (χ3n) is 6.11. The molecule has 0 spiro atoms. The number of alkyl halides is 4. The number of aliphatic hydroxyl groups excluding tert-OH is 1. The number of fused-ring (bicyclic) bond motifs is 2. The van der Waals surface area contributed by atoms with Crippen LogP contribution in [0.15, 0.2) is 30.5 Å². The number of nitrogens with one attached hydrogen (secondary N) is 1. The van der Waals surface area contributed by atoms with Crippen LogP contribution in [0, 0.1) is 11.8 Å². The lowest BCUT2D eigenvalue weighted by Gasteiger charge is -2.39. The fourth-order valence-electron chi connectivity index (χ4n) is 4.59. The molecule has 4 atom stereocenters. The first kappa shape index (κ1) is 20.1. The van der Waals surface area contributed by atoms with Crippen LogP contribution in [-0.4, -0.2) is 59.4 Å². The summed E-state index contributed by atoms with van der Waals surface area (Å²) in [4.78, 5) is 18.0. The van der Waals surface area contributed by atoms with Crippen LogP contribution in [0.1, 0.15) is 17.5 Å². The van der Waals surface area contributed by atoms with Gasteiger partial charge >= 0.3 is 6.18 Å². The third kappa shape index (κ3) is 3.48. The first-order valence-corrected chi connectivity index (χ1v) is 9.56. The van der Waals surface area contributed by atoms with Crippen molar-refractivity contribution in [3.05, 3.63) is 41.6 Å². The average Bonchev–Trinajstić information content (AvgIpc) is 3.09. The Labute approximate surface area is 165 Å². The Kier molecular flexibility index (Phi) is 5.02. The Balaban J connectivity index is 1.63. The van der Waals surface area contributed by atoms with Gasteiger partial charge in [-0.15, -0.1) is 0 Å². The molecule has 4 rings (SSSR count). The molecule has 4 nitrogen and oxygen atoms in total. The topological polar surface area (TPSA) is 56.3 Å². The van der Waals surface area contributed by atoms with E-state index in [1.807, 2.05) is 42.4 Å². The quantitative estimate of drug-likeness (QED) is 0.742. The van der Waals surface area contributed by atoms with Gasteiger partial charge in [-0.1, -0.05) is 18.2 Å². The van der Waals surface area contributed by atoms with Crippen molar-refractivity contribution in [2.75, 3.05) is 20.2 Å². The number of hydrogen-bond acceptors (Lipinski definition) is 3. The highest BCUT2D eigenvalue weighted by Gasteiger charge is 2.46. The van der Waals surface area contributed by atoms with Gasteiger partial charge in [0.15, 0.2) is 0 Å². The summed E-state index contributed by atoms with van der Waals surface area (Å²) in [5, 5.41) is 10.3. The predicted octanol–water partition coefficient (Wildman–Crippen LogP) is 3.51. The second-order valence-corrected chi connectivity index (χ2v) is 7.99. The predicted molar refractivity (Wildman–Crippen MR) is 101 cm³/mol. The van der Waals surface area contributed by atoms with Crippen LogP contribution in [-0.2, 0) is 11.2 Å². The number of likely N-dealkylation sites (N-methyl/N-ethyl adjacent to an activating group) is 1. The van der Waals surface area contributed by atoms with Crippen molar-refractivity contribution in [1.82, 2.24) is 9.88 Å². The van der Waals surface area contributed by atoms with Crippen molar-refractivity contribution >= 4 is 22.3 Å². The maximum absolute atomic E-state index is 13.7. The minimum atomic E-state index is -5.09. The summed E-state index contributed by atoms with van der Waals surface area (Å²) in [6.45, 7) is -0.677. The summed E-state index contributed by atoms with van der Waals surface area (Å²) in [6.07, 6.45) is -4.37. The Bertz CT molecular complexity index is 965. The number of hydrogen-bond donors (Lipinski definition) is 2. The van der Waals surface area contributed by atoms with Crippen LogP contribution in [0.3, 0.4) is 0 Å². The first-order valence-electron chi connectivity index (χ1n) is 9.56. The molecule has 0 bridgehead atoms. The number of benzene rings is 1. The van der Waals surface area contributed by atoms with E-state index in [-0.39, 0.29) is 6.04 Å². The van der Waals surface area contributed by atoms with Gasteiger partial charge < -0.3 is 10.1 Å². The van der Waals surface area contributed by atoms with Crippen molar-refractivity contribution in [2.24, 2.45) is 11.8 Å². The normalized spacial score (nSPS) is 24.1. The summed E-state index contributed by atoms with van der Waals surface area (Å²) in [6, 6.07) is 5.95. The number of halogens is 4. The van der Waals surface area contributed by atoms with E-state index in [1.54, 1.807) is 0 Å². The Morgan fingerprint density at radius 1 is 1.38 bits per heavy atom. The van der Waals surface area contributed by atoms with Gasteiger partial charge in [0.2, 0.25) is 6.17 Å².